The molecule has 1 N–H and O–H groups in total. The molecule has 2 fully saturated rings. The van der Waals surface area contributed by atoms with Crippen molar-refractivity contribution in [2.75, 3.05) is 20.2 Å². The Labute approximate surface area is 188 Å². The summed E-state index contributed by atoms with van der Waals surface area (Å²) >= 11 is 0. The molecule has 2 amide bonds. The van der Waals surface area contributed by atoms with Crippen molar-refractivity contribution in [2.24, 2.45) is 11.8 Å². The van der Waals surface area contributed by atoms with Gasteiger partial charge in [0.2, 0.25) is 17.7 Å². The molecule has 1 aromatic carbocycles. The smallest absolute Gasteiger partial charge is 0.235 e. The molecule has 8 nitrogen and oxygen atoms in total. The molecule has 4 rings (SSSR count). The van der Waals surface area contributed by atoms with Gasteiger partial charge in [0.1, 0.15) is 5.75 Å². The summed E-state index contributed by atoms with van der Waals surface area (Å²) < 4.78 is 10.8. The third kappa shape index (κ3) is 4.36. The summed E-state index contributed by atoms with van der Waals surface area (Å²) in [5, 5.41) is 7.21. The van der Waals surface area contributed by atoms with E-state index in [0.717, 1.165) is 17.7 Å². The van der Waals surface area contributed by atoms with Crippen molar-refractivity contribution < 1.29 is 18.8 Å². The first-order valence-corrected chi connectivity index (χ1v) is 11.3. The molecule has 2 aliphatic rings. The van der Waals surface area contributed by atoms with Gasteiger partial charge in [0.15, 0.2) is 5.82 Å². The van der Waals surface area contributed by atoms with E-state index in [9.17, 15) is 9.59 Å². The summed E-state index contributed by atoms with van der Waals surface area (Å²) in [4.78, 5) is 31.8. The van der Waals surface area contributed by atoms with Crippen LogP contribution in [0, 0.1) is 18.8 Å². The van der Waals surface area contributed by atoms with Crippen LogP contribution in [0.5, 0.6) is 5.75 Å². The molecule has 0 radical (unpaired) electrons. The Bertz CT molecular complexity index is 971. The third-order valence-electron chi connectivity index (χ3n) is 6.80. The molecule has 1 aromatic heterocycles. The lowest BCUT2D eigenvalue weighted by atomic mass is 9.80. The van der Waals surface area contributed by atoms with Crippen molar-refractivity contribution >= 4 is 11.8 Å². The number of aromatic nitrogens is 2. The van der Waals surface area contributed by atoms with E-state index in [-0.39, 0.29) is 35.1 Å². The molecule has 1 unspecified atom stereocenters. The molecule has 0 spiro atoms. The number of carbonyl (C=O) groups excluding carboxylic acids is 2. The molecular formula is C24H32N4O4. The Morgan fingerprint density at radius 1 is 1.31 bits per heavy atom. The number of benzene rings is 1. The maximum atomic E-state index is 12.7. The number of aryl methyl sites for hydroxylation is 2. The van der Waals surface area contributed by atoms with E-state index >= 15 is 0 Å². The van der Waals surface area contributed by atoms with E-state index in [0.29, 0.717) is 44.1 Å². The maximum Gasteiger partial charge on any atom is 0.235 e. The van der Waals surface area contributed by atoms with E-state index in [1.54, 1.807) is 14.0 Å². The van der Waals surface area contributed by atoms with Crippen LogP contribution in [0.4, 0.5) is 0 Å². The lowest BCUT2D eigenvalue weighted by molar-refractivity contribution is -0.134. The zero-order valence-corrected chi connectivity index (χ0v) is 19.3. The Kier molecular flexibility index (Phi) is 6.22. The number of rotatable bonds is 7. The van der Waals surface area contributed by atoms with Crippen LogP contribution in [0.3, 0.4) is 0 Å². The minimum atomic E-state index is -0.389. The van der Waals surface area contributed by atoms with Crippen LogP contribution in [-0.2, 0) is 21.4 Å². The summed E-state index contributed by atoms with van der Waals surface area (Å²) in [6.45, 7) is 6.88. The van der Waals surface area contributed by atoms with Gasteiger partial charge < -0.3 is 19.5 Å². The van der Waals surface area contributed by atoms with Gasteiger partial charge in [-0.25, -0.2) is 0 Å². The topological polar surface area (TPSA) is 97.6 Å². The summed E-state index contributed by atoms with van der Waals surface area (Å²) in [7, 11) is 1.64. The molecule has 0 bridgehead atoms. The second-order valence-corrected chi connectivity index (χ2v) is 9.43. The van der Waals surface area contributed by atoms with Crippen LogP contribution in [0.2, 0.25) is 0 Å². The maximum absolute atomic E-state index is 12.7. The average Bonchev–Trinajstić information content (AvgIpc) is 3.44. The predicted octanol–water partition coefficient (Wildman–Crippen LogP) is 2.65. The van der Waals surface area contributed by atoms with E-state index in [1.807, 2.05) is 43.0 Å². The number of ether oxygens (including phenoxy) is 1. The van der Waals surface area contributed by atoms with Crippen LogP contribution in [0.25, 0.3) is 0 Å². The minimum absolute atomic E-state index is 0.0341. The zero-order valence-electron chi connectivity index (χ0n) is 19.3. The Hall–Kier alpha value is -2.90. The average molecular weight is 441 g/mol. The molecular weight excluding hydrogens is 408 g/mol. The van der Waals surface area contributed by atoms with E-state index in [2.05, 4.69) is 15.5 Å². The Morgan fingerprint density at radius 3 is 2.69 bits per heavy atom. The predicted molar refractivity (Wildman–Crippen MR) is 118 cm³/mol. The fourth-order valence-corrected chi connectivity index (χ4v) is 5.19. The summed E-state index contributed by atoms with van der Waals surface area (Å²) in [6, 6.07) is 7.82. The van der Waals surface area contributed by atoms with Crippen LogP contribution >= 0.6 is 0 Å². The number of nitrogens with one attached hydrogen (secondary N) is 1. The highest BCUT2D eigenvalue weighted by molar-refractivity contribution is 5.79. The lowest BCUT2D eigenvalue weighted by Crippen LogP contribution is -2.40. The first-order chi connectivity index (χ1) is 15.3. The molecule has 2 aromatic rings. The summed E-state index contributed by atoms with van der Waals surface area (Å²) in [5.41, 5.74) is 0.713. The van der Waals surface area contributed by atoms with Gasteiger partial charge in [-0.05, 0) is 49.8 Å². The van der Waals surface area contributed by atoms with E-state index in [4.69, 9.17) is 9.26 Å². The van der Waals surface area contributed by atoms with Crippen molar-refractivity contribution in [1.82, 2.24) is 20.4 Å². The highest BCUT2D eigenvalue weighted by atomic mass is 16.5. The molecule has 2 heterocycles. The number of nitrogens with zero attached hydrogens (tertiary/aromatic N) is 3. The molecule has 8 heteroatoms. The molecule has 1 aliphatic heterocycles. The van der Waals surface area contributed by atoms with Gasteiger partial charge in [-0.2, -0.15) is 4.98 Å². The van der Waals surface area contributed by atoms with E-state index in [1.165, 1.54) is 0 Å². The number of amides is 2. The zero-order chi connectivity index (χ0) is 22.9. The van der Waals surface area contributed by atoms with Crippen LogP contribution in [-0.4, -0.2) is 53.1 Å². The molecule has 172 valence electrons. The van der Waals surface area contributed by atoms with Crippen molar-refractivity contribution in [3.8, 4) is 5.75 Å². The lowest BCUT2D eigenvalue weighted by Gasteiger charge is -2.26. The minimum Gasteiger partial charge on any atom is -0.497 e. The summed E-state index contributed by atoms with van der Waals surface area (Å²) in [6.07, 6.45) is 2.61. The van der Waals surface area contributed by atoms with Gasteiger partial charge in [-0.15, -0.1) is 0 Å². The van der Waals surface area contributed by atoms with Crippen LogP contribution in [0.1, 0.15) is 50.4 Å². The first-order valence-electron chi connectivity index (χ1n) is 11.3. The third-order valence-corrected chi connectivity index (χ3v) is 6.80. The SMILES string of the molecule is COc1ccc(CCC(=O)N[C@@H]2CC3CN(C(=O)C(C)C)C[C@@]3(c3nc(C)no3)C2)cc1. The van der Waals surface area contributed by atoms with Crippen molar-refractivity contribution in [1.29, 1.82) is 0 Å². The normalized spacial score (nSPS) is 24.6. The van der Waals surface area contributed by atoms with Gasteiger partial charge in [0.25, 0.3) is 0 Å². The molecule has 3 atom stereocenters. The molecule has 1 saturated heterocycles. The highest BCUT2D eigenvalue weighted by Gasteiger charge is 2.58. The fraction of sp³-hybridized carbons (Fsp3) is 0.583. The standard InChI is InChI=1S/C24H32N4O4/c1-15(2)22(30)28-13-18-11-19(12-24(18,14-28)23-25-16(3)27-32-23)26-21(29)10-7-17-5-8-20(31-4)9-6-17/h5-6,8-9,15,18-19H,7,10-14H2,1-4H3,(H,26,29)/t18?,19-,24+/m1/s1. The number of hydrogen-bond acceptors (Lipinski definition) is 6. The quantitative estimate of drug-likeness (QED) is 0.711. The van der Waals surface area contributed by atoms with Gasteiger partial charge >= 0.3 is 0 Å². The number of hydrogen-bond donors (Lipinski definition) is 1. The van der Waals surface area contributed by atoms with E-state index < -0.39 is 0 Å². The van der Waals surface area contributed by atoms with Crippen LogP contribution in [0.15, 0.2) is 28.8 Å². The first kappa shape index (κ1) is 22.3. The second-order valence-electron chi connectivity index (χ2n) is 9.43. The summed E-state index contributed by atoms with van der Waals surface area (Å²) in [5.74, 6) is 2.32. The van der Waals surface area contributed by atoms with Crippen molar-refractivity contribution in [2.45, 2.75) is 57.9 Å². The van der Waals surface area contributed by atoms with Gasteiger partial charge in [0, 0.05) is 31.5 Å². The van der Waals surface area contributed by atoms with Gasteiger partial charge in [-0.3, -0.25) is 9.59 Å². The fourth-order valence-electron chi connectivity index (χ4n) is 5.19. The number of methoxy groups -OCH3 is 1. The van der Waals surface area contributed by atoms with Crippen molar-refractivity contribution in [3.05, 3.63) is 41.5 Å². The Morgan fingerprint density at radius 2 is 2.06 bits per heavy atom. The van der Waals surface area contributed by atoms with Crippen molar-refractivity contribution in [3.63, 3.8) is 0 Å². The second kappa shape index (κ2) is 8.92. The van der Waals surface area contributed by atoms with Crippen LogP contribution < -0.4 is 10.1 Å². The molecule has 1 saturated carbocycles. The van der Waals surface area contributed by atoms with Gasteiger partial charge in [0.05, 0.1) is 12.5 Å². The molecule has 32 heavy (non-hydrogen) atoms. The number of carbonyl (C=O) groups is 2. The van der Waals surface area contributed by atoms with Gasteiger partial charge in [-0.1, -0.05) is 31.1 Å². The largest absolute Gasteiger partial charge is 0.497 e. The highest BCUT2D eigenvalue weighted by Crippen LogP contribution is 2.50. The Balaban J connectivity index is 1.40. The molecule has 1 aliphatic carbocycles. The monoisotopic (exact) mass is 440 g/mol. The number of fused-ring (bicyclic) bond motifs is 1. The number of likely N-dealkylation sites (tertiary alicyclic amines) is 1.